The molecular formula is C16H29N3O2. The monoisotopic (exact) mass is 295 g/mol. The normalized spacial score (nSPS) is 14.4. The second-order valence-corrected chi connectivity index (χ2v) is 6.41. The van der Waals surface area contributed by atoms with Crippen molar-refractivity contribution in [3.63, 3.8) is 0 Å². The van der Waals surface area contributed by atoms with Crippen molar-refractivity contribution < 1.29 is 9.90 Å². The van der Waals surface area contributed by atoms with Gasteiger partial charge in [-0.05, 0) is 66.4 Å². The number of carboxylic acids is 1. The van der Waals surface area contributed by atoms with Gasteiger partial charge >= 0.3 is 5.97 Å². The van der Waals surface area contributed by atoms with E-state index in [-0.39, 0.29) is 6.04 Å². The molecule has 120 valence electrons. The molecule has 5 heteroatoms. The lowest BCUT2D eigenvalue weighted by molar-refractivity contribution is -0.144. The molecule has 0 bridgehead atoms. The van der Waals surface area contributed by atoms with E-state index in [0.29, 0.717) is 6.42 Å². The maximum absolute atomic E-state index is 11.4. The fourth-order valence-corrected chi connectivity index (χ4v) is 2.62. The van der Waals surface area contributed by atoms with E-state index in [1.54, 1.807) is 6.92 Å². The van der Waals surface area contributed by atoms with Crippen LogP contribution in [0.4, 0.5) is 0 Å². The van der Waals surface area contributed by atoms with Gasteiger partial charge in [-0.25, -0.2) is 0 Å². The number of aromatic nitrogens is 2. The molecule has 0 aliphatic heterocycles. The maximum atomic E-state index is 11.4. The molecule has 0 fully saturated rings. The van der Waals surface area contributed by atoms with Gasteiger partial charge in [-0.3, -0.25) is 14.8 Å². The Morgan fingerprint density at radius 2 is 1.95 bits per heavy atom. The first-order chi connectivity index (χ1) is 9.67. The van der Waals surface area contributed by atoms with Crippen molar-refractivity contribution in [1.82, 2.24) is 15.1 Å². The molecule has 5 nitrogen and oxygen atoms in total. The first kappa shape index (κ1) is 17.7. The van der Waals surface area contributed by atoms with Gasteiger partial charge in [0.15, 0.2) is 0 Å². The van der Waals surface area contributed by atoms with Crippen LogP contribution in [0.3, 0.4) is 0 Å². The number of aliphatic carboxylic acids is 1. The van der Waals surface area contributed by atoms with Crippen LogP contribution in [-0.4, -0.2) is 32.4 Å². The van der Waals surface area contributed by atoms with Crippen molar-refractivity contribution in [1.29, 1.82) is 0 Å². The number of carboxylic acid groups (broad SMARTS) is 1. The van der Waals surface area contributed by atoms with Crippen LogP contribution in [0.25, 0.3) is 0 Å². The van der Waals surface area contributed by atoms with Gasteiger partial charge in [0, 0.05) is 18.3 Å². The lowest BCUT2D eigenvalue weighted by Gasteiger charge is -2.28. The Hall–Kier alpha value is -1.36. The Balaban J connectivity index is 2.52. The van der Waals surface area contributed by atoms with Crippen LogP contribution in [0.2, 0.25) is 0 Å². The lowest BCUT2D eigenvalue weighted by Crippen LogP contribution is -2.52. The van der Waals surface area contributed by atoms with E-state index in [2.05, 4.69) is 24.3 Å². The zero-order valence-corrected chi connectivity index (χ0v) is 14.2. The van der Waals surface area contributed by atoms with Gasteiger partial charge in [0.1, 0.15) is 5.54 Å². The topological polar surface area (TPSA) is 67.2 Å². The quantitative estimate of drug-likeness (QED) is 0.724. The van der Waals surface area contributed by atoms with Crippen LogP contribution < -0.4 is 5.32 Å². The van der Waals surface area contributed by atoms with Gasteiger partial charge in [-0.2, -0.15) is 5.10 Å². The lowest BCUT2D eigenvalue weighted by atomic mass is 9.94. The largest absolute Gasteiger partial charge is 0.480 e. The second kappa shape index (κ2) is 7.07. The summed E-state index contributed by atoms with van der Waals surface area (Å²) in [5.41, 5.74) is 2.67. The Kier molecular flexibility index (Phi) is 5.96. The summed E-state index contributed by atoms with van der Waals surface area (Å²) >= 11 is 0. The number of hydrogen-bond acceptors (Lipinski definition) is 3. The summed E-state index contributed by atoms with van der Waals surface area (Å²) in [5.74, 6) is -0.779. The van der Waals surface area contributed by atoms with E-state index < -0.39 is 11.5 Å². The predicted molar refractivity (Wildman–Crippen MR) is 84.6 cm³/mol. The van der Waals surface area contributed by atoms with Crippen molar-refractivity contribution >= 4 is 5.97 Å². The molecule has 0 aliphatic carbocycles. The van der Waals surface area contributed by atoms with E-state index in [4.69, 9.17) is 0 Å². The van der Waals surface area contributed by atoms with Crippen molar-refractivity contribution in [2.24, 2.45) is 0 Å². The first-order valence-electron chi connectivity index (χ1n) is 7.69. The highest BCUT2D eigenvalue weighted by molar-refractivity contribution is 5.78. The summed E-state index contributed by atoms with van der Waals surface area (Å²) in [5, 5.41) is 17.1. The number of carbonyl (C=O) groups is 1. The molecule has 1 rings (SSSR count). The van der Waals surface area contributed by atoms with Gasteiger partial charge < -0.3 is 5.11 Å². The number of rotatable bonds is 8. The zero-order valence-electron chi connectivity index (χ0n) is 14.2. The van der Waals surface area contributed by atoms with Gasteiger partial charge in [-0.15, -0.1) is 0 Å². The third kappa shape index (κ3) is 4.56. The number of unbranched alkanes of at least 4 members (excludes halogenated alkanes) is 1. The van der Waals surface area contributed by atoms with E-state index in [0.717, 1.165) is 25.1 Å². The fraction of sp³-hybridized carbons (Fsp3) is 0.750. The molecule has 0 saturated carbocycles. The van der Waals surface area contributed by atoms with Crippen LogP contribution in [0.5, 0.6) is 0 Å². The molecule has 0 aromatic carbocycles. The summed E-state index contributed by atoms with van der Waals surface area (Å²) < 4.78 is 2.03. The van der Waals surface area contributed by atoms with Gasteiger partial charge in [0.25, 0.3) is 0 Å². The number of nitrogens with zero attached hydrogens (tertiary/aromatic N) is 2. The molecule has 0 amide bonds. The standard InChI is InChI=1S/C16H29N3O2/c1-11(2)17-16(6,15(20)21)9-7-8-10-19-14(5)12(3)13(4)18-19/h11,17H,7-10H2,1-6H3,(H,20,21). The number of hydrogen-bond donors (Lipinski definition) is 2. The fourth-order valence-electron chi connectivity index (χ4n) is 2.62. The predicted octanol–water partition coefficient (Wildman–Crippen LogP) is 2.82. The van der Waals surface area contributed by atoms with E-state index >= 15 is 0 Å². The molecule has 1 unspecified atom stereocenters. The Labute approximate surface area is 127 Å². The molecule has 2 N–H and O–H groups in total. The molecule has 21 heavy (non-hydrogen) atoms. The van der Waals surface area contributed by atoms with Crippen molar-refractivity contribution in [2.75, 3.05) is 0 Å². The highest BCUT2D eigenvalue weighted by Gasteiger charge is 2.32. The van der Waals surface area contributed by atoms with Crippen LogP contribution in [0.15, 0.2) is 0 Å². The van der Waals surface area contributed by atoms with Crippen molar-refractivity contribution in [3.8, 4) is 0 Å². The highest BCUT2D eigenvalue weighted by atomic mass is 16.4. The summed E-state index contributed by atoms with van der Waals surface area (Å²) in [4.78, 5) is 11.4. The maximum Gasteiger partial charge on any atom is 0.323 e. The summed E-state index contributed by atoms with van der Waals surface area (Å²) in [6.45, 7) is 12.7. The Morgan fingerprint density at radius 1 is 1.33 bits per heavy atom. The van der Waals surface area contributed by atoms with Gasteiger partial charge in [0.05, 0.1) is 5.69 Å². The average Bonchev–Trinajstić information content (AvgIpc) is 2.61. The molecule has 0 saturated heterocycles. The minimum atomic E-state index is -0.848. The summed E-state index contributed by atoms with van der Waals surface area (Å²) in [6, 6.07) is 0.157. The van der Waals surface area contributed by atoms with Crippen LogP contribution >= 0.6 is 0 Å². The third-order valence-electron chi connectivity index (χ3n) is 4.12. The zero-order chi connectivity index (χ0) is 16.2. The number of aryl methyl sites for hydroxylation is 2. The summed E-state index contributed by atoms with van der Waals surface area (Å²) in [6.07, 6.45) is 2.42. The summed E-state index contributed by atoms with van der Waals surface area (Å²) in [7, 11) is 0. The second-order valence-electron chi connectivity index (χ2n) is 6.41. The molecule has 1 aromatic rings. The van der Waals surface area contributed by atoms with Crippen molar-refractivity contribution in [2.45, 2.75) is 78.9 Å². The average molecular weight is 295 g/mol. The molecule has 0 spiro atoms. The molecule has 1 aromatic heterocycles. The van der Waals surface area contributed by atoms with Crippen LogP contribution in [0.1, 0.15) is 57.0 Å². The van der Waals surface area contributed by atoms with Crippen LogP contribution in [0, 0.1) is 20.8 Å². The smallest absolute Gasteiger partial charge is 0.323 e. The first-order valence-corrected chi connectivity index (χ1v) is 7.69. The molecule has 1 atom stereocenters. The van der Waals surface area contributed by atoms with E-state index in [9.17, 15) is 9.90 Å². The van der Waals surface area contributed by atoms with Crippen molar-refractivity contribution in [3.05, 3.63) is 17.0 Å². The molecule has 0 aliphatic rings. The van der Waals surface area contributed by atoms with E-state index in [1.807, 2.05) is 25.5 Å². The molecule has 0 radical (unpaired) electrons. The Morgan fingerprint density at radius 3 is 2.38 bits per heavy atom. The highest BCUT2D eigenvalue weighted by Crippen LogP contribution is 2.17. The number of nitrogens with one attached hydrogen (secondary N) is 1. The Bertz CT molecular complexity index is 494. The van der Waals surface area contributed by atoms with Crippen LogP contribution in [-0.2, 0) is 11.3 Å². The minimum Gasteiger partial charge on any atom is -0.480 e. The van der Waals surface area contributed by atoms with Gasteiger partial charge in [0.2, 0.25) is 0 Å². The van der Waals surface area contributed by atoms with Gasteiger partial charge in [-0.1, -0.05) is 0 Å². The minimum absolute atomic E-state index is 0.157. The van der Waals surface area contributed by atoms with E-state index in [1.165, 1.54) is 11.3 Å². The third-order valence-corrected chi connectivity index (χ3v) is 4.12. The molecule has 1 heterocycles. The molecular weight excluding hydrogens is 266 g/mol. The SMILES string of the molecule is Cc1nn(CCCCC(C)(NC(C)C)C(=O)O)c(C)c1C.